The Hall–Kier alpha value is -6.04. The van der Waals surface area contributed by atoms with Gasteiger partial charge in [-0.3, -0.25) is 58.0 Å². The third kappa shape index (κ3) is 3.31. The van der Waals surface area contributed by atoms with Crippen molar-refractivity contribution in [2.24, 2.45) is 23.7 Å². The first-order valence-electron chi connectivity index (χ1n) is 21.6. The average molecular weight is 797 g/mol. The van der Waals surface area contributed by atoms with Gasteiger partial charge in [0.15, 0.2) is 0 Å². The molecule has 15 aliphatic heterocycles. The Morgan fingerprint density at radius 1 is 0.300 bits per heavy atom. The van der Waals surface area contributed by atoms with Crippen LogP contribution in [-0.4, -0.2) is 89.0 Å². The van der Waals surface area contributed by atoms with E-state index in [4.69, 9.17) is 0 Å². The fourth-order valence-electron chi connectivity index (χ4n) is 16.9. The second kappa shape index (κ2) is 9.61. The molecule has 4 aromatic carbocycles. The topological polar surface area (TPSA) is 150 Å². The molecule has 12 heteroatoms. The number of imide groups is 4. The molecule has 15 heterocycles. The highest BCUT2D eigenvalue weighted by atomic mass is 16.2. The van der Waals surface area contributed by atoms with Crippen LogP contribution in [0.25, 0.3) is 21.5 Å². The van der Waals surface area contributed by atoms with Crippen molar-refractivity contribution in [2.75, 3.05) is 0 Å². The Kier molecular flexibility index (Phi) is 5.25. The highest BCUT2D eigenvalue weighted by Crippen LogP contribution is 2.65. The van der Waals surface area contributed by atoms with Gasteiger partial charge in [-0.1, -0.05) is 0 Å². The molecule has 296 valence electrons. The fraction of sp³-hybridized carbons (Fsp3) is 0.417. The molecule has 8 fully saturated rings. The number of benzene rings is 4. The molecule has 0 radical (unpaired) electrons. The Balaban J connectivity index is 1.01. The van der Waals surface area contributed by atoms with E-state index >= 15 is 38.4 Å². The van der Waals surface area contributed by atoms with Crippen LogP contribution in [0.1, 0.15) is 160 Å². The van der Waals surface area contributed by atoms with E-state index in [1.165, 1.54) is 19.6 Å². The summed E-state index contributed by atoms with van der Waals surface area (Å²) in [7, 11) is 0. The number of amides is 8. The quantitative estimate of drug-likeness (QED) is 0.189. The zero-order valence-corrected chi connectivity index (χ0v) is 32.5. The third-order valence-corrected chi connectivity index (χ3v) is 17.7. The molecule has 12 nitrogen and oxygen atoms in total. The van der Waals surface area contributed by atoms with Gasteiger partial charge < -0.3 is 0 Å². The molecule has 8 amide bonds. The minimum absolute atomic E-state index is 0.0395. The highest BCUT2D eigenvalue weighted by Gasteiger charge is 2.68. The number of carbonyl (C=O) groups is 8. The molecule has 60 heavy (non-hydrogen) atoms. The number of hydrogen-bond acceptors (Lipinski definition) is 8. The molecule has 24 bridgehead atoms. The SMILES string of the molecule is O=C1c2ccc3c4c5ccc(c24)C(=O)N1C12CC4CC(C1)CC(C4)(C2)N1C(=O)c2ccc4c6c(ccc(c26)C1=O)C(=O)N(C4=O)C12CC4CC(CC(C4)(C1)N(C3=O)C5=O)C2. The summed E-state index contributed by atoms with van der Waals surface area (Å²) in [5, 5.41) is 1.26. The van der Waals surface area contributed by atoms with Crippen molar-refractivity contribution in [2.45, 2.75) is 99.2 Å². The maximum Gasteiger partial charge on any atom is 0.261 e. The van der Waals surface area contributed by atoms with Gasteiger partial charge in [0.25, 0.3) is 47.3 Å². The van der Waals surface area contributed by atoms with Crippen LogP contribution in [-0.2, 0) is 0 Å². The molecule has 23 aliphatic rings. The molecule has 27 rings (SSSR count). The lowest BCUT2D eigenvalue weighted by Crippen LogP contribution is -2.73. The van der Waals surface area contributed by atoms with E-state index < -0.39 is 69.4 Å². The number of hydrogen-bond donors (Lipinski definition) is 0. The van der Waals surface area contributed by atoms with Crippen molar-refractivity contribution >= 4 is 68.8 Å². The van der Waals surface area contributed by atoms with Gasteiger partial charge in [-0.25, -0.2) is 0 Å². The molecule has 0 N–H and O–H groups in total. The van der Waals surface area contributed by atoms with E-state index in [0.29, 0.717) is 72.9 Å². The molecule has 0 atom stereocenters. The summed E-state index contributed by atoms with van der Waals surface area (Å²) in [5.74, 6) is -3.70. The van der Waals surface area contributed by atoms with Crippen LogP contribution in [0.3, 0.4) is 0 Å². The summed E-state index contributed by atoms with van der Waals surface area (Å²) in [6.45, 7) is 0. The van der Waals surface area contributed by atoms with Crippen molar-refractivity contribution in [3.63, 3.8) is 0 Å². The number of carbonyl (C=O) groups excluding carboxylic acids is 8. The van der Waals surface area contributed by atoms with Gasteiger partial charge in [0.05, 0.1) is 22.2 Å². The molecular weight excluding hydrogens is 761 g/mol. The predicted octanol–water partition coefficient (Wildman–Crippen LogP) is 6.27. The lowest BCUT2D eigenvalue weighted by Gasteiger charge is -2.66. The monoisotopic (exact) mass is 796 g/mol. The van der Waals surface area contributed by atoms with Crippen molar-refractivity contribution in [1.82, 2.24) is 19.6 Å². The molecule has 8 saturated carbocycles. The lowest BCUT2D eigenvalue weighted by atomic mass is 9.48. The Bertz CT molecular complexity index is 2490. The first-order chi connectivity index (χ1) is 28.8. The van der Waals surface area contributed by atoms with Crippen LogP contribution < -0.4 is 0 Å². The van der Waals surface area contributed by atoms with E-state index in [9.17, 15) is 0 Å². The van der Waals surface area contributed by atoms with Gasteiger partial charge >= 0.3 is 0 Å². The van der Waals surface area contributed by atoms with Crippen LogP contribution in [0.2, 0.25) is 0 Å². The van der Waals surface area contributed by atoms with Gasteiger partial charge in [0, 0.05) is 66.1 Å². The Labute approximate surface area is 341 Å². The molecule has 4 spiro atoms. The zero-order valence-electron chi connectivity index (χ0n) is 32.5. The van der Waals surface area contributed by atoms with Crippen LogP contribution >= 0.6 is 0 Å². The van der Waals surface area contributed by atoms with Crippen LogP contribution in [0, 0.1) is 23.7 Å². The molecule has 0 aromatic heterocycles. The van der Waals surface area contributed by atoms with Crippen molar-refractivity contribution in [3.8, 4) is 0 Å². The maximum atomic E-state index is 15.1. The van der Waals surface area contributed by atoms with Crippen molar-refractivity contribution < 1.29 is 38.4 Å². The number of nitrogens with zero attached hydrogens (tertiary/aromatic N) is 4. The van der Waals surface area contributed by atoms with E-state index in [-0.39, 0.29) is 81.0 Å². The second-order valence-electron chi connectivity index (χ2n) is 20.7. The van der Waals surface area contributed by atoms with Crippen molar-refractivity contribution in [3.05, 3.63) is 93.0 Å². The minimum Gasteiger partial charge on any atom is -0.269 e. The standard InChI is InChI=1S/C48H36N4O8/c53-37-25-1-2-26-34-28-4-3-27(33(25)34)39(55)49(37)45-11-21-9-22(12-45)16-47(15-21,19-45)51-41(57)29-5-7-31-36-32(8-6-30(35(29)36)42(51)58)44(60)52(43(31)59)48-17-23-10-24(18-48)14-46(13-23,20-48)50(38(26)54)40(28)56/h1-8,21-24H,9-20H2. The molecule has 0 saturated heterocycles. The summed E-state index contributed by atoms with van der Waals surface area (Å²) in [5.41, 5.74) is -1.90. The maximum absolute atomic E-state index is 15.1. The number of rotatable bonds is 0. The van der Waals surface area contributed by atoms with E-state index in [1.54, 1.807) is 48.5 Å². The predicted molar refractivity (Wildman–Crippen MR) is 210 cm³/mol. The summed E-state index contributed by atoms with van der Waals surface area (Å²) >= 11 is 0. The summed E-state index contributed by atoms with van der Waals surface area (Å²) in [4.78, 5) is 126. The van der Waals surface area contributed by atoms with E-state index in [2.05, 4.69) is 0 Å². The van der Waals surface area contributed by atoms with Crippen molar-refractivity contribution in [1.29, 1.82) is 0 Å². The first-order valence-corrected chi connectivity index (χ1v) is 21.6. The minimum atomic E-state index is -0.989. The normalized spacial score (nSPS) is 36.9. The summed E-state index contributed by atoms with van der Waals surface area (Å²) < 4.78 is 0. The fourth-order valence-corrected chi connectivity index (χ4v) is 16.9. The van der Waals surface area contributed by atoms with E-state index in [1.807, 2.05) is 0 Å². The zero-order chi connectivity index (χ0) is 40.3. The first kappa shape index (κ1) is 32.8. The Morgan fingerprint density at radius 2 is 0.467 bits per heavy atom. The summed E-state index contributed by atoms with van der Waals surface area (Å²) in [6, 6.07) is 13.0. The lowest BCUT2D eigenvalue weighted by molar-refractivity contribution is -0.112. The van der Waals surface area contributed by atoms with Crippen LogP contribution in [0.15, 0.2) is 48.5 Å². The smallest absolute Gasteiger partial charge is 0.261 e. The van der Waals surface area contributed by atoms with Gasteiger partial charge in [0.1, 0.15) is 0 Å². The third-order valence-electron chi connectivity index (χ3n) is 17.7. The van der Waals surface area contributed by atoms with Crippen LogP contribution in [0.4, 0.5) is 0 Å². The highest BCUT2D eigenvalue weighted by molar-refractivity contribution is 6.35. The molecular formula is C48H36N4O8. The second-order valence-corrected chi connectivity index (χ2v) is 20.7. The van der Waals surface area contributed by atoms with Gasteiger partial charge in [-0.05, 0) is 149 Å². The molecule has 0 unspecified atom stereocenters. The average Bonchev–Trinajstić information content (AvgIpc) is 3.19. The molecule has 4 aromatic rings. The summed E-state index contributed by atoms with van der Waals surface area (Å²) in [6.07, 6.45) is 6.55. The van der Waals surface area contributed by atoms with Gasteiger partial charge in [-0.2, -0.15) is 0 Å². The largest absolute Gasteiger partial charge is 0.269 e. The van der Waals surface area contributed by atoms with E-state index in [0.717, 1.165) is 12.8 Å². The molecule has 8 aliphatic carbocycles. The Morgan fingerprint density at radius 3 is 0.633 bits per heavy atom. The van der Waals surface area contributed by atoms with Gasteiger partial charge in [0.2, 0.25) is 0 Å². The van der Waals surface area contributed by atoms with Crippen LogP contribution in [0.5, 0.6) is 0 Å². The van der Waals surface area contributed by atoms with Gasteiger partial charge in [-0.15, -0.1) is 0 Å².